The van der Waals surface area contributed by atoms with Crippen LogP contribution in [0, 0.1) is 0 Å². The number of anilines is 1. The van der Waals surface area contributed by atoms with E-state index in [2.05, 4.69) is 30.9 Å². The quantitative estimate of drug-likeness (QED) is 0.435. The Morgan fingerprint density at radius 1 is 1.16 bits per heavy atom. The van der Waals surface area contributed by atoms with Gasteiger partial charge in [0.1, 0.15) is 16.7 Å². The summed E-state index contributed by atoms with van der Waals surface area (Å²) in [6.45, 7) is 5.10. The van der Waals surface area contributed by atoms with Gasteiger partial charge >= 0.3 is 0 Å². The summed E-state index contributed by atoms with van der Waals surface area (Å²) in [7, 11) is 0.220. The van der Waals surface area contributed by atoms with E-state index in [4.69, 9.17) is 9.72 Å². The molecule has 2 aromatic heterocycles. The summed E-state index contributed by atoms with van der Waals surface area (Å²) in [6.07, 6.45) is 2.08. The minimum absolute atomic E-state index is 0.685. The van der Waals surface area contributed by atoms with Crippen molar-refractivity contribution in [3.8, 4) is 17.0 Å². The smallest absolute Gasteiger partial charge is 0.194 e. The minimum Gasteiger partial charge on any atom is -0.497 e. The largest absolute Gasteiger partial charge is 0.497 e. The normalized spacial score (nSPS) is 15.7. The first kappa shape index (κ1) is 21.1. The number of nitrogens with one attached hydrogen (secondary N) is 2. The van der Waals surface area contributed by atoms with Gasteiger partial charge in [-0.2, -0.15) is 0 Å². The Hall–Kier alpha value is -2.72. The second-order valence-corrected chi connectivity index (χ2v) is 9.67. The van der Waals surface area contributed by atoms with Gasteiger partial charge in [0.05, 0.1) is 23.4 Å². The summed E-state index contributed by atoms with van der Waals surface area (Å²) in [5.74, 6) is 0.737. The number of ether oxygens (including phenoxy) is 1. The van der Waals surface area contributed by atoms with Crippen molar-refractivity contribution in [1.82, 2.24) is 19.6 Å². The van der Waals surface area contributed by atoms with Crippen molar-refractivity contribution in [3.63, 3.8) is 0 Å². The molecule has 1 aliphatic rings. The minimum atomic E-state index is -1.40. The summed E-state index contributed by atoms with van der Waals surface area (Å²) in [5.41, 5.74) is 3.83. The third kappa shape index (κ3) is 4.42. The van der Waals surface area contributed by atoms with E-state index in [0.29, 0.717) is 4.90 Å². The lowest BCUT2D eigenvalue weighted by Crippen LogP contribution is -2.43. The molecule has 5 rings (SSSR count). The van der Waals surface area contributed by atoms with Gasteiger partial charge in [-0.15, -0.1) is 11.3 Å². The number of hydrogen-bond donors (Lipinski definition) is 2. The first-order valence-electron chi connectivity index (χ1n) is 10.5. The molecule has 166 valence electrons. The van der Waals surface area contributed by atoms with Crippen LogP contribution < -0.4 is 14.8 Å². The van der Waals surface area contributed by atoms with Crippen molar-refractivity contribution in [3.05, 3.63) is 65.8 Å². The number of methoxy groups -OCH3 is 1. The molecule has 0 bridgehead atoms. The average Bonchev–Trinajstić information content (AvgIpc) is 3.42. The molecule has 2 N–H and O–H groups in total. The van der Waals surface area contributed by atoms with Gasteiger partial charge in [0.2, 0.25) is 0 Å². The van der Waals surface area contributed by atoms with Gasteiger partial charge < -0.3 is 14.8 Å². The number of para-hydroxylation sites is 1. The van der Waals surface area contributed by atoms with Gasteiger partial charge in [0.25, 0.3) is 0 Å². The molecule has 0 amide bonds. The van der Waals surface area contributed by atoms with Crippen LogP contribution in [-0.2, 0) is 17.5 Å². The zero-order valence-electron chi connectivity index (χ0n) is 17.8. The van der Waals surface area contributed by atoms with Crippen LogP contribution in [0.25, 0.3) is 16.2 Å². The fourth-order valence-corrected chi connectivity index (χ4v) is 5.57. The van der Waals surface area contributed by atoms with Crippen LogP contribution in [0.2, 0.25) is 0 Å². The Kier molecular flexibility index (Phi) is 6.22. The molecule has 1 saturated heterocycles. The summed E-state index contributed by atoms with van der Waals surface area (Å²) in [5, 5.41) is 5.59. The lowest BCUT2D eigenvalue weighted by atomic mass is 10.1. The molecule has 1 fully saturated rings. The highest BCUT2D eigenvalue weighted by atomic mass is 32.2. The number of fused-ring (bicyclic) bond motifs is 1. The topological polar surface area (TPSA) is 70.9 Å². The third-order valence-corrected chi connectivity index (χ3v) is 7.55. The third-order valence-electron chi connectivity index (χ3n) is 5.56. The number of piperazine rings is 1. The van der Waals surface area contributed by atoms with Crippen LogP contribution in [0.15, 0.2) is 65.0 Å². The van der Waals surface area contributed by atoms with Gasteiger partial charge in [0.15, 0.2) is 4.96 Å². The zero-order valence-corrected chi connectivity index (χ0v) is 19.4. The fourth-order valence-electron chi connectivity index (χ4n) is 3.82. The van der Waals surface area contributed by atoms with Crippen molar-refractivity contribution in [1.29, 1.82) is 0 Å². The molecule has 1 aliphatic heterocycles. The lowest BCUT2D eigenvalue weighted by Gasteiger charge is -2.26. The number of rotatable bonds is 7. The van der Waals surface area contributed by atoms with Crippen LogP contribution in [0.3, 0.4) is 0 Å². The summed E-state index contributed by atoms with van der Waals surface area (Å²) in [6, 6.07) is 15.1. The van der Waals surface area contributed by atoms with Crippen LogP contribution in [-0.4, -0.2) is 51.8 Å². The highest BCUT2D eigenvalue weighted by Gasteiger charge is 2.16. The molecule has 32 heavy (non-hydrogen) atoms. The van der Waals surface area contributed by atoms with E-state index in [1.807, 2.05) is 36.4 Å². The van der Waals surface area contributed by atoms with Gasteiger partial charge in [-0.3, -0.25) is 9.30 Å². The number of hydrogen-bond acceptors (Lipinski definition) is 6. The van der Waals surface area contributed by atoms with Gasteiger partial charge in [-0.05, 0) is 30.3 Å². The molecule has 4 aromatic rings. The van der Waals surface area contributed by atoms with E-state index in [1.54, 1.807) is 30.6 Å². The summed E-state index contributed by atoms with van der Waals surface area (Å²) in [4.78, 5) is 8.97. The monoisotopic (exact) mass is 467 g/mol. The van der Waals surface area contributed by atoms with E-state index in [-0.39, 0.29) is 0 Å². The molecule has 3 heterocycles. The van der Waals surface area contributed by atoms with E-state index in [9.17, 15) is 4.21 Å². The van der Waals surface area contributed by atoms with Gasteiger partial charge in [-0.1, -0.05) is 18.2 Å². The molecule has 1 unspecified atom stereocenters. The molecule has 0 spiro atoms. The van der Waals surface area contributed by atoms with Crippen molar-refractivity contribution in [2.45, 2.75) is 11.4 Å². The van der Waals surface area contributed by atoms with Crippen LogP contribution in [0.4, 0.5) is 5.69 Å². The van der Waals surface area contributed by atoms with Crippen molar-refractivity contribution < 1.29 is 8.95 Å². The molecular weight excluding hydrogens is 442 g/mol. The first-order chi connectivity index (χ1) is 15.7. The van der Waals surface area contributed by atoms with E-state index in [0.717, 1.165) is 60.4 Å². The van der Waals surface area contributed by atoms with Crippen LogP contribution in [0.5, 0.6) is 5.75 Å². The van der Waals surface area contributed by atoms with E-state index >= 15 is 0 Å². The number of aromatic nitrogens is 2. The van der Waals surface area contributed by atoms with Crippen LogP contribution >= 0.6 is 11.3 Å². The maximum atomic E-state index is 12.9. The van der Waals surface area contributed by atoms with Gasteiger partial charge in [-0.25, -0.2) is 9.19 Å². The van der Waals surface area contributed by atoms with E-state index < -0.39 is 11.0 Å². The SMILES string of the molecule is COc1ccc(S(=O)Nc2ccccc2-c2cn3c(CN4CCNCC4)csc3n2)cc1. The molecule has 1 atom stereocenters. The molecule has 0 radical (unpaired) electrons. The standard InChI is InChI=1S/C23H25N5O2S2/c1-30-18-6-8-19(9-7-18)32(29)26-21-5-3-2-4-20(21)22-15-28-17(16-31-23(28)25-22)14-27-12-10-24-11-13-27/h2-9,15-16,24,26H,10-14H2,1H3. The number of benzene rings is 2. The number of nitrogens with zero attached hydrogens (tertiary/aromatic N) is 3. The van der Waals surface area contributed by atoms with Crippen molar-refractivity contribution in [2.24, 2.45) is 0 Å². The second-order valence-electron chi connectivity index (χ2n) is 7.62. The molecule has 2 aromatic carbocycles. The lowest BCUT2D eigenvalue weighted by molar-refractivity contribution is 0.230. The first-order valence-corrected chi connectivity index (χ1v) is 12.5. The van der Waals surface area contributed by atoms with Gasteiger partial charge in [0, 0.05) is 55.6 Å². The number of thiazole rings is 1. The Labute approximate surface area is 193 Å². The van der Waals surface area contributed by atoms with E-state index in [1.165, 1.54) is 5.69 Å². The Balaban J connectivity index is 1.39. The molecular formula is C23H25N5O2S2. The zero-order chi connectivity index (χ0) is 21.9. The Morgan fingerprint density at radius 3 is 2.72 bits per heavy atom. The molecule has 0 aliphatic carbocycles. The van der Waals surface area contributed by atoms with Crippen molar-refractivity contribution in [2.75, 3.05) is 38.0 Å². The second kappa shape index (κ2) is 9.41. The number of imidazole rings is 1. The fraction of sp³-hybridized carbons (Fsp3) is 0.261. The average molecular weight is 468 g/mol. The highest BCUT2D eigenvalue weighted by molar-refractivity contribution is 7.86. The Bertz CT molecular complexity index is 1230. The molecule has 9 heteroatoms. The predicted octanol–water partition coefficient (Wildman–Crippen LogP) is 3.61. The highest BCUT2D eigenvalue weighted by Crippen LogP contribution is 2.30. The van der Waals surface area contributed by atoms with Crippen LogP contribution in [0.1, 0.15) is 5.69 Å². The molecule has 0 saturated carbocycles. The summed E-state index contributed by atoms with van der Waals surface area (Å²) < 4.78 is 23.4. The predicted molar refractivity (Wildman–Crippen MR) is 130 cm³/mol. The Morgan fingerprint density at radius 2 is 1.94 bits per heavy atom. The molecule has 7 nitrogen and oxygen atoms in total. The summed E-state index contributed by atoms with van der Waals surface area (Å²) >= 11 is 1.66. The maximum absolute atomic E-state index is 12.9. The van der Waals surface area contributed by atoms with Crippen molar-refractivity contribution >= 4 is 33.0 Å². The maximum Gasteiger partial charge on any atom is 0.194 e.